The van der Waals surface area contributed by atoms with Gasteiger partial charge in [-0.25, -0.2) is 4.79 Å². The Morgan fingerprint density at radius 1 is 1.33 bits per heavy atom. The number of nitrogens with zero attached hydrogens (tertiary/aromatic N) is 2. The number of ether oxygens (including phenoxy) is 1. The van der Waals surface area contributed by atoms with Crippen LogP contribution in [0, 0.1) is 13.8 Å². The van der Waals surface area contributed by atoms with Crippen LogP contribution in [0.3, 0.4) is 0 Å². The van der Waals surface area contributed by atoms with Gasteiger partial charge in [0.25, 0.3) is 0 Å². The van der Waals surface area contributed by atoms with Gasteiger partial charge in [0.2, 0.25) is 11.5 Å². The number of fused-ring (bicyclic) bond motifs is 1. The van der Waals surface area contributed by atoms with Gasteiger partial charge < -0.3 is 14.9 Å². The molecule has 0 amide bonds. The zero-order valence-corrected chi connectivity index (χ0v) is 10.8. The molecule has 0 atom stereocenters. The molecule has 0 fully saturated rings. The molecule has 2 aromatic rings. The first-order chi connectivity index (χ1) is 8.41. The molecule has 2 rings (SSSR count). The number of aromatic nitrogens is 2. The number of esters is 1. The van der Waals surface area contributed by atoms with E-state index in [4.69, 9.17) is 14.9 Å². The molecule has 0 saturated heterocycles. The topological polar surface area (TPSA) is 91.2 Å². The second-order valence-electron chi connectivity index (χ2n) is 4.39. The van der Waals surface area contributed by atoms with Gasteiger partial charge in [0.1, 0.15) is 0 Å². The van der Waals surface area contributed by atoms with Gasteiger partial charge in [-0.1, -0.05) is 0 Å². The number of nitrogen functional groups attached to an aromatic ring is 1. The summed E-state index contributed by atoms with van der Waals surface area (Å²) in [6.07, 6.45) is -0.237. The predicted molar refractivity (Wildman–Crippen MR) is 66.2 cm³/mol. The first kappa shape index (κ1) is 12.3. The fourth-order valence-electron chi connectivity index (χ4n) is 1.66. The zero-order chi connectivity index (χ0) is 13.4. The molecule has 6 nitrogen and oxygen atoms in total. The molecular formula is C12H15N3O3. The Hall–Kier alpha value is -2.11. The minimum absolute atomic E-state index is 0.0123. The predicted octanol–water partition coefficient (Wildman–Crippen LogP) is 1.99. The summed E-state index contributed by atoms with van der Waals surface area (Å²) < 4.78 is 10.4. The van der Waals surface area contributed by atoms with E-state index in [9.17, 15) is 4.79 Å². The van der Waals surface area contributed by atoms with Gasteiger partial charge in [-0.05, 0) is 33.3 Å². The number of hydrogen-bond acceptors (Lipinski definition) is 6. The number of nitrogens with two attached hydrogens (primary N) is 1. The van der Waals surface area contributed by atoms with Crippen molar-refractivity contribution in [2.24, 2.45) is 0 Å². The average molecular weight is 249 g/mol. The first-order valence-corrected chi connectivity index (χ1v) is 5.64. The van der Waals surface area contributed by atoms with E-state index in [1.54, 1.807) is 13.8 Å². The van der Waals surface area contributed by atoms with Gasteiger partial charge in [0.15, 0.2) is 0 Å². The Labute approximate surface area is 104 Å². The van der Waals surface area contributed by atoms with Crippen LogP contribution < -0.4 is 5.73 Å². The third kappa shape index (κ3) is 1.90. The molecule has 0 bridgehead atoms. The fourth-order valence-corrected chi connectivity index (χ4v) is 1.66. The number of furan rings is 1. The highest BCUT2D eigenvalue weighted by molar-refractivity contribution is 6.03. The van der Waals surface area contributed by atoms with Crippen LogP contribution in [0.15, 0.2) is 4.42 Å². The van der Waals surface area contributed by atoms with Crippen molar-refractivity contribution in [2.45, 2.75) is 33.8 Å². The summed E-state index contributed by atoms with van der Waals surface area (Å²) in [5, 5.41) is 8.43. The largest absolute Gasteiger partial charge is 0.457 e. The van der Waals surface area contributed by atoms with Crippen molar-refractivity contribution in [1.82, 2.24) is 10.2 Å². The van der Waals surface area contributed by atoms with E-state index >= 15 is 0 Å². The van der Waals surface area contributed by atoms with Crippen LogP contribution in [0.2, 0.25) is 0 Å². The van der Waals surface area contributed by atoms with Crippen LogP contribution in [0.5, 0.6) is 0 Å². The van der Waals surface area contributed by atoms with E-state index in [1.165, 1.54) is 0 Å². The number of anilines is 1. The van der Waals surface area contributed by atoms with Crippen LogP contribution in [0.4, 0.5) is 5.69 Å². The maximum atomic E-state index is 11.8. The molecule has 0 aliphatic rings. The van der Waals surface area contributed by atoms with E-state index in [-0.39, 0.29) is 23.3 Å². The highest BCUT2D eigenvalue weighted by Crippen LogP contribution is 2.30. The molecule has 0 aliphatic carbocycles. The third-order valence-electron chi connectivity index (χ3n) is 2.66. The van der Waals surface area contributed by atoms with Crippen molar-refractivity contribution in [3.05, 3.63) is 17.0 Å². The second-order valence-corrected chi connectivity index (χ2v) is 4.39. The molecule has 96 valence electrons. The van der Waals surface area contributed by atoms with Crippen LogP contribution in [-0.2, 0) is 4.74 Å². The maximum Gasteiger partial charge on any atom is 0.376 e. The third-order valence-corrected chi connectivity index (χ3v) is 2.66. The van der Waals surface area contributed by atoms with Crippen LogP contribution in [0.1, 0.15) is 35.7 Å². The van der Waals surface area contributed by atoms with Crippen molar-refractivity contribution < 1.29 is 13.9 Å². The second kappa shape index (κ2) is 4.29. The highest BCUT2D eigenvalue weighted by Gasteiger charge is 2.23. The number of carbonyl (C=O) groups excluding carboxylic acids is 1. The van der Waals surface area contributed by atoms with Gasteiger partial charge in [0, 0.05) is 0 Å². The fraction of sp³-hybridized carbons (Fsp3) is 0.417. The monoisotopic (exact) mass is 249 g/mol. The molecular weight excluding hydrogens is 234 g/mol. The Morgan fingerprint density at radius 2 is 2.00 bits per heavy atom. The molecule has 18 heavy (non-hydrogen) atoms. The van der Waals surface area contributed by atoms with Gasteiger partial charge in [-0.15, -0.1) is 5.10 Å². The summed E-state index contributed by atoms with van der Waals surface area (Å²) in [6, 6.07) is 0. The summed E-state index contributed by atoms with van der Waals surface area (Å²) in [6.45, 7) is 7.19. The Balaban J connectivity index is 2.58. The lowest BCUT2D eigenvalue weighted by atomic mass is 10.1. The molecule has 0 aromatic carbocycles. The lowest BCUT2D eigenvalue weighted by molar-refractivity contribution is 0.0345. The van der Waals surface area contributed by atoms with E-state index in [0.717, 1.165) is 11.3 Å². The Kier molecular flexibility index (Phi) is 2.94. The van der Waals surface area contributed by atoms with Gasteiger partial charge in [-0.2, -0.15) is 5.10 Å². The summed E-state index contributed by atoms with van der Waals surface area (Å²) in [7, 11) is 0. The van der Waals surface area contributed by atoms with Crippen molar-refractivity contribution in [3.8, 4) is 0 Å². The summed E-state index contributed by atoms with van der Waals surface area (Å²) in [4.78, 5) is 11.8. The van der Waals surface area contributed by atoms with Crippen molar-refractivity contribution in [2.75, 3.05) is 5.73 Å². The standard InChI is InChI=1S/C12H15N3O3/c1-5(2)17-12(16)10-9(13)8-6(3)7(4)14-15-11(8)18-10/h5H,13H2,1-4H3. The van der Waals surface area contributed by atoms with Crippen molar-refractivity contribution >= 4 is 22.8 Å². The molecule has 2 heterocycles. The molecule has 0 spiro atoms. The van der Waals surface area contributed by atoms with E-state index in [1.807, 2.05) is 13.8 Å². The Morgan fingerprint density at radius 3 is 2.61 bits per heavy atom. The van der Waals surface area contributed by atoms with E-state index < -0.39 is 5.97 Å². The number of carbonyl (C=O) groups is 1. The molecule has 0 unspecified atom stereocenters. The normalized spacial score (nSPS) is 11.2. The average Bonchev–Trinajstić information content (AvgIpc) is 2.61. The van der Waals surface area contributed by atoms with E-state index in [0.29, 0.717) is 5.39 Å². The van der Waals surface area contributed by atoms with Crippen LogP contribution >= 0.6 is 0 Å². The van der Waals surface area contributed by atoms with Crippen molar-refractivity contribution in [1.29, 1.82) is 0 Å². The van der Waals surface area contributed by atoms with Gasteiger partial charge in [-0.3, -0.25) is 0 Å². The quantitative estimate of drug-likeness (QED) is 0.818. The summed E-state index contributed by atoms with van der Waals surface area (Å²) in [5.41, 5.74) is 8.04. The maximum absolute atomic E-state index is 11.8. The lowest BCUT2D eigenvalue weighted by Crippen LogP contribution is -2.12. The lowest BCUT2D eigenvalue weighted by Gasteiger charge is -2.05. The molecule has 2 aromatic heterocycles. The molecule has 6 heteroatoms. The SMILES string of the molecule is Cc1nnc2oc(C(=O)OC(C)C)c(N)c2c1C. The zero-order valence-electron chi connectivity index (χ0n) is 10.8. The molecule has 0 aliphatic heterocycles. The van der Waals surface area contributed by atoms with Gasteiger partial charge >= 0.3 is 5.97 Å². The van der Waals surface area contributed by atoms with Crippen molar-refractivity contribution in [3.63, 3.8) is 0 Å². The molecule has 0 saturated carbocycles. The van der Waals surface area contributed by atoms with Gasteiger partial charge in [0.05, 0.1) is 22.9 Å². The smallest absolute Gasteiger partial charge is 0.376 e. The minimum Gasteiger partial charge on any atom is -0.457 e. The number of rotatable bonds is 2. The Bertz CT molecular complexity index is 617. The number of hydrogen-bond donors (Lipinski definition) is 1. The van der Waals surface area contributed by atoms with Crippen LogP contribution in [-0.4, -0.2) is 22.3 Å². The first-order valence-electron chi connectivity index (χ1n) is 5.64. The highest BCUT2D eigenvalue weighted by atomic mass is 16.6. The molecule has 2 N–H and O–H groups in total. The summed E-state index contributed by atoms with van der Waals surface area (Å²) in [5.74, 6) is -0.598. The minimum atomic E-state index is -0.586. The van der Waals surface area contributed by atoms with Crippen LogP contribution in [0.25, 0.3) is 11.1 Å². The van der Waals surface area contributed by atoms with E-state index in [2.05, 4.69) is 10.2 Å². The number of aryl methyl sites for hydroxylation is 2. The summed E-state index contributed by atoms with van der Waals surface area (Å²) >= 11 is 0. The molecule has 0 radical (unpaired) electrons.